The topological polar surface area (TPSA) is 63.5 Å². The largest absolute Gasteiger partial charge is 0.744 e. The molecule has 0 unspecified atom stereocenters. The lowest BCUT2D eigenvalue weighted by molar-refractivity contribution is -0.528. The van der Waals surface area contributed by atoms with E-state index in [1.165, 1.54) is 39.7 Å². The fraction of sp³-hybridized carbons (Fsp3) is 0.596. The summed E-state index contributed by atoms with van der Waals surface area (Å²) in [7, 11) is -4.77. The lowest BCUT2D eigenvalue weighted by Crippen LogP contribution is -2.31. The van der Waals surface area contributed by atoms with Crippen molar-refractivity contribution >= 4 is 27.1 Å². The number of rotatable bonds is 20. The first-order chi connectivity index (χ1) is 25.1. The lowest BCUT2D eigenvalue weighted by Gasteiger charge is -2.33. The van der Waals surface area contributed by atoms with Crippen LogP contribution in [0, 0.1) is 11.8 Å². The van der Waals surface area contributed by atoms with Crippen LogP contribution in [0.2, 0.25) is 0 Å². The molecule has 0 heterocycles. The molecule has 1 aliphatic carbocycles. The summed E-state index contributed by atoms with van der Waals surface area (Å²) in [6.45, 7) is 31.2. The van der Waals surface area contributed by atoms with Crippen molar-refractivity contribution < 1.29 is 17.5 Å². The predicted octanol–water partition coefficient (Wildman–Crippen LogP) is 12.3. The van der Waals surface area contributed by atoms with E-state index in [-0.39, 0.29) is 28.6 Å². The summed E-state index contributed by atoms with van der Waals surface area (Å²) < 4.78 is 41.7. The molecule has 0 fully saturated rings. The summed E-state index contributed by atoms with van der Waals surface area (Å²) in [4.78, 5) is 2.44. The Hall–Kier alpha value is -2.96. The van der Waals surface area contributed by atoms with Crippen molar-refractivity contribution in [2.45, 2.75) is 151 Å². The van der Waals surface area contributed by atoms with Crippen LogP contribution in [0.5, 0.6) is 0 Å². The number of unbranched alkanes of at least 4 members (excludes halogenated alkanes) is 4. The third-order valence-corrected chi connectivity index (χ3v) is 11.5. The second kappa shape index (κ2) is 20.6. The Morgan fingerprint density at radius 2 is 1.13 bits per heavy atom. The van der Waals surface area contributed by atoms with Crippen molar-refractivity contribution in [1.29, 1.82) is 0 Å². The number of hydrogen-bond donors (Lipinski definition) is 0. The highest BCUT2D eigenvalue weighted by atomic mass is 32.2. The molecule has 0 aliphatic heterocycles. The van der Waals surface area contributed by atoms with Gasteiger partial charge in [-0.15, -0.1) is 0 Å². The maximum Gasteiger partial charge on any atom is 0.206 e. The maximum absolute atomic E-state index is 13.0. The van der Waals surface area contributed by atoms with E-state index in [2.05, 4.69) is 117 Å². The number of allylic oxidation sites excluding steroid dienone is 5. The summed E-state index contributed by atoms with van der Waals surface area (Å²) in [6, 6.07) is 11.5. The monoisotopic (exact) mass is 745 g/mol. The normalized spacial score (nSPS) is 13.8. The SMILES string of the molecule is CCCCN(CCCC)c1c(C(C)C)cc(C(=C2C=C(C(C)C)C(=[N+](CCCC)CCCC)C(C(C)C)=C2)c2ccccc2S(=O)(=O)[O-])cc1C(C)C. The summed E-state index contributed by atoms with van der Waals surface area (Å²) in [6.07, 6.45) is 13.7. The fourth-order valence-corrected chi connectivity index (χ4v) is 8.26. The van der Waals surface area contributed by atoms with Crippen LogP contribution in [0.4, 0.5) is 5.69 Å². The van der Waals surface area contributed by atoms with Crippen LogP contribution < -0.4 is 4.90 Å². The van der Waals surface area contributed by atoms with Crippen molar-refractivity contribution in [2.24, 2.45) is 11.8 Å². The smallest absolute Gasteiger partial charge is 0.206 e. The highest BCUT2D eigenvalue weighted by Crippen LogP contribution is 2.43. The molecular weight excluding hydrogens is 673 g/mol. The van der Waals surface area contributed by atoms with Crippen molar-refractivity contribution in [1.82, 2.24) is 0 Å². The summed E-state index contributed by atoms with van der Waals surface area (Å²) >= 11 is 0. The van der Waals surface area contributed by atoms with Gasteiger partial charge in [-0.05, 0) is 94.7 Å². The first-order valence-corrected chi connectivity index (χ1v) is 22.3. The van der Waals surface area contributed by atoms with Gasteiger partial charge in [0.25, 0.3) is 0 Å². The van der Waals surface area contributed by atoms with Crippen LogP contribution in [0.3, 0.4) is 0 Å². The Morgan fingerprint density at radius 1 is 0.679 bits per heavy atom. The standard InChI is InChI=1S/C47H72N2O3S/c1-13-17-25-48(26-18-14-2)46-40(33(5)6)29-37(30-41(46)34(7)8)45(39-23-21-22-24-44(39)53(50,51)52)38-31-42(35(9)10)47(43(32-38)36(11)12)49(27-19-15-3)28-20-16-4/h21-24,29-36H,13-20,25-28H2,1-12H3. The van der Waals surface area contributed by atoms with Crippen LogP contribution in [0.1, 0.15) is 169 Å². The Balaban J connectivity index is 2.65. The first-order valence-electron chi connectivity index (χ1n) is 20.9. The van der Waals surface area contributed by atoms with Gasteiger partial charge in [0.1, 0.15) is 23.2 Å². The molecule has 3 rings (SSSR count). The van der Waals surface area contributed by atoms with E-state index in [0.29, 0.717) is 5.56 Å². The molecule has 1 aliphatic rings. The lowest BCUT2D eigenvalue weighted by atomic mass is 9.78. The van der Waals surface area contributed by atoms with Gasteiger partial charge in [0.2, 0.25) is 5.71 Å². The van der Waals surface area contributed by atoms with E-state index in [1.54, 1.807) is 6.07 Å². The summed E-state index contributed by atoms with van der Waals surface area (Å²) in [5.41, 5.74) is 11.0. The van der Waals surface area contributed by atoms with Crippen molar-refractivity contribution in [3.63, 3.8) is 0 Å². The second-order valence-corrected chi connectivity index (χ2v) is 17.7. The molecule has 0 amide bonds. The van der Waals surface area contributed by atoms with Crippen molar-refractivity contribution in [3.05, 3.63) is 87.5 Å². The van der Waals surface area contributed by atoms with Gasteiger partial charge in [-0.25, -0.2) is 13.0 Å². The molecule has 6 heteroatoms. The summed E-state index contributed by atoms with van der Waals surface area (Å²) in [5.74, 6) is 0.939. The van der Waals surface area contributed by atoms with Crippen LogP contribution in [-0.4, -0.2) is 49.4 Å². The third kappa shape index (κ3) is 11.3. The van der Waals surface area contributed by atoms with Crippen molar-refractivity contribution in [3.8, 4) is 0 Å². The zero-order valence-electron chi connectivity index (χ0n) is 35.4. The quantitative estimate of drug-likeness (QED) is 0.100. The zero-order valence-corrected chi connectivity index (χ0v) is 36.3. The number of hydrogen-bond acceptors (Lipinski definition) is 4. The minimum absolute atomic E-state index is 0.169. The molecule has 2 aromatic rings. The van der Waals surface area contributed by atoms with Crippen LogP contribution >= 0.6 is 0 Å². The molecule has 0 saturated carbocycles. The second-order valence-electron chi connectivity index (χ2n) is 16.3. The van der Waals surface area contributed by atoms with E-state index >= 15 is 0 Å². The van der Waals surface area contributed by atoms with E-state index in [1.807, 2.05) is 12.1 Å². The predicted molar refractivity (Wildman–Crippen MR) is 228 cm³/mol. The van der Waals surface area contributed by atoms with Gasteiger partial charge < -0.3 is 9.45 Å². The highest BCUT2D eigenvalue weighted by molar-refractivity contribution is 7.85. The zero-order chi connectivity index (χ0) is 39.5. The molecular formula is C47H72N2O3S. The van der Waals surface area contributed by atoms with Gasteiger partial charge in [0.15, 0.2) is 0 Å². The molecule has 0 N–H and O–H groups in total. The highest BCUT2D eigenvalue weighted by Gasteiger charge is 2.32. The van der Waals surface area contributed by atoms with E-state index < -0.39 is 10.1 Å². The van der Waals surface area contributed by atoms with Crippen LogP contribution in [0.15, 0.2) is 70.2 Å². The van der Waals surface area contributed by atoms with Gasteiger partial charge in [-0.1, -0.05) is 127 Å². The molecule has 294 valence electrons. The van der Waals surface area contributed by atoms with E-state index in [9.17, 15) is 13.0 Å². The molecule has 0 atom stereocenters. The van der Waals surface area contributed by atoms with Gasteiger partial charge in [0.05, 0.1) is 4.90 Å². The van der Waals surface area contributed by atoms with E-state index in [0.717, 1.165) is 94.3 Å². The van der Waals surface area contributed by atoms with E-state index in [4.69, 9.17) is 0 Å². The minimum atomic E-state index is -4.77. The first kappa shape index (κ1) is 44.4. The van der Waals surface area contributed by atoms with Gasteiger partial charge in [0, 0.05) is 48.3 Å². The molecule has 0 saturated heterocycles. The Bertz CT molecular complexity index is 1680. The molecule has 5 nitrogen and oxygen atoms in total. The molecule has 53 heavy (non-hydrogen) atoms. The van der Waals surface area contributed by atoms with Gasteiger partial charge >= 0.3 is 0 Å². The average molecular weight is 745 g/mol. The third-order valence-electron chi connectivity index (χ3n) is 10.6. The Labute approximate surface area is 325 Å². The molecule has 0 bridgehead atoms. The molecule has 0 radical (unpaired) electrons. The van der Waals surface area contributed by atoms with Gasteiger partial charge in [-0.2, -0.15) is 0 Å². The van der Waals surface area contributed by atoms with Crippen LogP contribution in [-0.2, 0) is 10.1 Å². The maximum atomic E-state index is 13.0. The Morgan fingerprint density at radius 3 is 1.53 bits per heavy atom. The Kier molecular flexibility index (Phi) is 17.3. The number of nitrogens with zero attached hydrogens (tertiary/aromatic N) is 2. The number of benzene rings is 2. The fourth-order valence-electron chi connectivity index (χ4n) is 7.58. The number of anilines is 1. The average Bonchev–Trinajstić information content (AvgIpc) is 3.11. The molecule has 2 aromatic carbocycles. The molecule has 0 aromatic heterocycles. The minimum Gasteiger partial charge on any atom is -0.744 e. The van der Waals surface area contributed by atoms with Gasteiger partial charge in [-0.3, -0.25) is 0 Å². The van der Waals surface area contributed by atoms with Crippen LogP contribution in [0.25, 0.3) is 5.57 Å². The summed E-state index contributed by atoms with van der Waals surface area (Å²) in [5, 5.41) is 0. The molecule has 0 spiro atoms. The van der Waals surface area contributed by atoms with Crippen molar-refractivity contribution in [2.75, 3.05) is 31.1 Å².